The largest absolute Gasteiger partial charge is 0.316 e. The van der Waals surface area contributed by atoms with Gasteiger partial charge in [0.2, 0.25) is 0 Å². The first kappa shape index (κ1) is 17.6. The zero-order chi connectivity index (χ0) is 18.2. The Morgan fingerprint density at radius 1 is 1.40 bits per heavy atom. The van der Waals surface area contributed by atoms with Gasteiger partial charge in [0.1, 0.15) is 6.42 Å². The van der Waals surface area contributed by atoms with Gasteiger partial charge in [0.15, 0.2) is 20.8 Å². The van der Waals surface area contributed by atoms with Crippen LogP contribution in [0.3, 0.4) is 0 Å². The van der Waals surface area contributed by atoms with Crippen LogP contribution in [-0.2, 0) is 14.6 Å². The van der Waals surface area contributed by atoms with Crippen LogP contribution in [0.25, 0.3) is 0 Å². The lowest BCUT2D eigenvalue weighted by Crippen LogP contribution is -2.37. The number of anilines is 1. The van der Waals surface area contributed by atoms with E-state index in [1.165, 1.54) is 18.7 Å². The Labute approximate surface area is 149 Å². The molecule has 0 N–H and O–H groups in total. The topological polar surface area (TPSA) is 108 Å². The van der Waals surface area contributed by atoms with Crippen LogP contribution in [0, 0.1) is 11.3 Å². The molecule has 0 spiro atoms. The molecule has 2 aliphatic heterocycles. The van der Waals surface area contributed by atoms with Gasteiger partial charge in [0.05, 0.1) is 23.6 Å². The summed E-state index contributed by atoms with van der Waals surface area (Å²) in [6.45, 7) is 1.45. The smallest absolute Gasteiger partial charge is 0.262 e. The van der Waals surface area contributed by atoms with Crippen molar-refractivity contribution in [3.8, 4) is 6.07 Å². The Balaban J connectivity index is 2.03. The summed E-state index contributed by atoms with van der Waals surface area (Å²) < 4.78 is 24.0. The fourth-order valence-electron chi connectivity index (χ4n) is 2.96. The minimum Gasteiger partial charge on any atom is -0.316 e. The van der Waals surface area contributed by atoms with Gasteiger partial charge in [-0.25, -0.2) is 8.42 Å². The second-order valence-electron chi connectivity index (χ2n) is 5.90. The van der Waals surface area contributed by atoms with Gasteiger partial charge in [-0.05, 0) is 19.1 Å². The maximum Gasteiger partial charge on any atom is 0.262 e. The van der Waals surface area contributed by atoms with Crippen molar-refractivity contribution in [2.24, 2.45) is 4.99 Å². The van der Waals surface area contributed by atoms with Crippen LogP contribution in [0.1, 0.15) is 23.7 Å². The minimum absolute atomic E-state index is 0.0245. The average Bonchev–Trinajstić information content (AvgIpc) is 2.98. The summed E-state index contributed by atoms with van der Waals surface area (Å²) >= 11 is 1.24. The number of sulfone groups is 1. The molecule has 2 aliphatic rings. The SMILES string of the molecule is CC(=O)c1cccc(N2C(=NC(=O)CC#N)SC3CS(=O)(=O)CC32)c1. The summed E-state index contributed by atoms with van der Waals surface area (Å²) in [7, 11) is -3.16. The summed E-state index contributed by atoms with van der Waals surface area (Å²) in [4.78, 5) is 29.1. The number of hydrogen-bond donors (Lipinski definition) is 0. The van der Waals surface area contributed by atoms with Crippen LogP contribution in [-0.4, -0.2) is 48.1 Å². The Hall–Kier alpha value is -2.18. The number of ketones is 1. The molecule has 0 saturated carbocycles. The molecule has 2 heterocycles. The molecule has 2 atom stereocenters. The first-order chi connectivity index (χ1) is 11.8. The number of nitriles is 1. The highest BCUT2D eigenvalue weighted by atomic mass is 32.2. The molecule has 1 aromatic carbocycles. The molecule has 1 aromatic rings. The predicted octanol–water partition coefficient (Wildman–Crippen LogP) is 1.40. The normalized spacial score (nSPS) is 25.6. The average molecular weight is 377 g/mol. The number of thioether (sulfide) groups is 1. The minimum atomic E-state index is -3.16. The highest BCUT2D eigenvalue weighted by molar-refractivity contribution is 8.16. The van der Waals surface area contributed by atoms with Crippen molar-refractivity contribution in [3.05, 3.63) is 29.8 Å². The van der Waals surface area contributed by atoms with E-state index < -0.39 is 15.7 Å². The van der Waals surface area contributed by atoms with Crippen LogP contribution < -0.4 is 4.90 Å². The summed E-state index contributed by atoms with van der Waals surface area (Å²) in [6, 6.07) is 8.23. The molecule has 0 aromatic heterocycles. The Morgan fingerprint density at radius 2 is 2.16 bits per heavy atom. The first-order valence-corrected chi connectivity index (χ1v) is 10.3. The van der Waals surface area contributed by atoms with Gasteiger partial charge < -0.3 is 4.90 Å². The van der Waals surface area contributed by atoms with Crippen LogP contribution in [0.4, 0.5) is 5.69 Å². The molecule has 1 amide bonds. The van der Waals surface area contributed by atoms with Crippen molar-refractivity contribution in [3.63, 3.8) is 0 Å². The third-order valence-electron chi connectivity index (χ3n) is 4.05. The molecule has 0 radical (unpaired) electrons. The standard InChI is InChI=1S/C16H15N3O4S2/c1-10(20)11-3-2-4-12(7-11)19-13-8-25(22,23)9-14(13)24-16(19)18-15(21)5-6-17/h2-4,7,13-14H,5,8-9H2,1H3. The van der Waals surface area contributed by atoms with Crippen molar-refractivity contribution in [1.29, 1.82) is 5.26 Å². The van der Waals surface area contributed by atoms with Gasteiger partial charge >= 0.3 is 0 Å². The molecular weight excluding hydrogens is 362 g/mol. The van der Waals surface area contributed by atoms with E-state index in [0.717, 1.165) is 0 Å². The van der Waals surface area contributed by atoms with E-state index in [2.05, 4.69) is 4.99 Å². The number of carbonyl (C=O) groups is 2. The van der Waals surface area contributed by atoms with Crippen LogP contribution in [0.2, 0.25) is 0 Å². The number of fused-ring (bicyclic) bond motifs is 1. The van der Waals surface area contributed by atoms with Crippen LogP contribution in [0.5, 0.6) is 0 Å². The quantitative estimate of drug-likeness (QED) is 0.733. The van der Waals surface area contributed by atoms with Crippen LogP contribution >= 0.6 is 11.8 Å². The summed E-state index contributed by atoms with van der Waals surface area (Å²) in [5.74, 6) is -0.680. The number of carbonyl (C=O) groups excluding carboxylic acids is 2. The van der Waals surface area contributed by atoms with Gasteiger partial charge in [-0.2, -0.15) is 10.3 Å². The molecule has 9 heteroatoms. The molecule has 130 valence electrons. The van der Waals surface area contributed by atoms with Crippen molar-refractivity contribution < 1.29 is 18.0 Å². The van der Waals surface area contributed by atoms with Crippen molar-refractivity contribution in [1.82, 2.24) is 0 Å². The predicted molar refractivity (Wildman–Crippen MR) is 95.4 cm³/mol. The zero-order valence-corrected chi connectivity index (χ0v) is 15.0. The van der Waals surface area contributed by atoms with Gasteiger partial charge in [0.25, 0.3) is 5.91 Å². The van der Waals surface area contributed by atoms with E-state index in [9.17, 15) is 18.0 Å². The number of Topliss-reactive ketones (excluding diaryl/α,β-unsaturated/α-hetero) is 1. The number of nitrogens with zero attached hydrogens (tertiary/aromatic N) is 3. The second-order valence-corrected chi connectivity index (χ2v) is 9.26. The zero-order valence-electron chi connectivity index (χ0n) is 13.4. The van der Waals surface area contributed by atoms with Gasteiger partial charge in [-0.3, -0.25) is 9.59 Å². The number of aliphatic imine (C=N–C) groups is 1. The van der Waals surface area contributed by atoms with Crippen molar-refractivity contribution in [2.75, 3.05) is 16.4 Å². The molecule has 25 heavy (non-hydrogen) atoms. The molecule has 2 saturated heterocycles. The third kappa shape index (κ3) is 3.60. The van der Waals surface area contributed by atoms with Gasteiger partial charge in [-0.1, -0.05) is 23.9 Å². The molecule has 2 unspecified atom stereocenters. The van der Waals surface area contributed by atoms with Gasteiger partial charge in [0, 0.05) is 16.5 Å². The van der Waals surface area contributed by atoms with Crippen molar-refractivity contribution in [2.45, 2.75) is 24.6 Å². The highest BCUT2D eigenvalue weighted by Gasteiger charge is 2.49. The number of amidine groups is 1. The second kappa shape index (κ2) is 6.61. The Kier molecular flexibility index (Phi) is 4.67. The molecule has 0 aliphatic carbocycles. The fraction of sp³-hybridized carbons (Fsp3) is 0.375. The van der Waals surface area contributed by atoms with E-state index in [4.69, 9.17) is 5.26 Å². The van der Waals surface area contributed by atoms with E-state index in [1.807, 2.05) is 0 Å². The maximum atomic E-state index is 12.0. The fourth-order valence-corrected chi connectivity index (χ4v) is 6.89. The Bertz CT molecular complexity index is 918. The number of benzene rings is 1. The lowest BCUT2D eigenvalue weighted by atomic mass is 10.1. The van der Waals surface area contributed by atoms with Gasteiger partial charge in [-0.15, -0.1) is 0 Å². The van der Waals surface area contributed by atoms with E-state index in [-0.39, 0.29) is 35.0 Å². The Morgan fingerprint density at radius 3 is 2.84 bits per heavy atom. The van der Waals surface area contributed by atoms with Crippen molar-refractivity contribution >= 4 is 44.1 Å². The molecule has 3 rings (SSSR count). The molecule has 2 fully saturated rings. The van der Waals surface area contributed by atoms with E-state index in [1.54, 1.807) is 35.2 Å². The summed E-state index contributed by atoms with van der Waals surface area (Å²) in [6.07, 6.45) is -0.334. The van der Waals surface area contributed by atoms with E-state index in [0.29, 0.717) is 16.4 Å². The summed E-state index contributed by atoms with van der Waals surface area (Å²) in [5, 5.41) is 8.80. The molecule has 0 bridgehead atoms. The van der Waals surface area contributed by atoms with E-state index >= 15 is 0 Å². The lowest BCUT2D eigenvalue weighted by Gasteiger charge is -2.24. The molecule has 7 nitrogen and oxygen atoms in total. The molecular formula is C16H15N3O4S2. The third-order valence-corrected chi connectivity index (χ3v) is 7.26. The maximum absolute atomic E-state index is 12.0. The summed E-state index contributed by atoms with van der Waals surface area (Å²) in [5.41, 5.74) is 1.11. The lowest BCUT2D eigenvalue weighted by molar-refractivity contribution is -0.116. The number of amides is 1. The number of rotatable bonds is 3. The van der Waals surface area contributed by atoms with Crippen LogP contribution in [0.15, 0.2) is 29.3 Å². The highest BCUT2D eigenvalue weighted by Crippen LogP contribution is 2.41. The number of hydrogen-bond acceptors (Lipinski definition) is 6. The first-order valence-electron chi connectivity index (χ1n) is 7.56. The monoisotopic (exact) mass is 377 g/mol.